The Morgan fingerprint density at radius 2 is 2.31 bits per heavy atom. The van der Waals surface area contributed by atoms with Crippen molar-refractivity contribution < 1.29 is 13.2 Å². The summed E-state index contributed by atoms with van der Waals surface area (Å²) in [6, 6.07) is 0. The molecule has 1 aliphatic rings. The van der Waals surface area contributed by atoms with Crippen LogP contribution in [-0.2, 0) is 6.18 Å². The number of piperazine rings is 1. The second-order valence-corrected chi connectivity index (χ2v) is 5.78. The predicted octanol–water partition coefficient (Wildman–Crippen LogP) is 2.33. The lowest BCUT2D eigenvalue weighted by molar-refractivity contribution is -0.134. The van der Waals surface area contributed by atoms with Crippen LogP contribution in [-0.4, -0.2) is 28.7 Å². The largest absolute Gasteiger partial charge is 0.427 e. The van der Waals surface area contributed by atoms with E-state index in [9.17, 15) is 13.2 Å². The average Bonchev–Trinajstić information content (AvgIpc) is 2.66. The van der Waals surface area contributed by atoms with E-state index in [1.54, 1.807) is 0 Å². The number of rotatable bonds is 1. The van der Waals surface area contributed by atoms with Crippen LogP contribution in [0.5, 0.6) is 0 Å². The lowest BCUT2D eigenvalue weighted by Gasteiger charge is -2.32. The summed E-state index contributed by atoms with van der Waals surface area (Å²) in [6.45, 7) is 2.24. The van der Waals surface area contributed by atoms with E-state index in [0.717, 1.165) is 19.3 Å². The van der Waals surface area contributed by atoms with Gasteiger partial charge in [0.25, 0.3) is 0 Å². The number of halogens is 4. The van der Waals surface area contributed by atoms with Crippen LogP contribution in [0, 0.1) is 0 Å². The first-order valence-electron chi connectivity index (χ1n) is 4.63. The normalized spacial score (nSPS) is 22.5. The van der Waals surface area contributed by atoms with Gasteiger partial charge < -0.3 is 10.2 Å². The van der Waals surface area contributed by atoms with E-state index in [-0.39, 0.29) is 4.05 Å². The molecule has 1 fully saturated rings. The summed E-state index contributed by atoms with van der Waals surface area (Å²) in [5, 5.41) is 3.63. The summed E-state index contributed by atoms with van der Waals surface area (Å²) in [4.78, 5) is 5.11. The van der Waals surface area contributed by atoms with Gasteiger partial charge in [-0.15, -0.1) is 0 Å². The highest BCUT2D eigenvalue weighted by Crippen LogP contribution is 2.37. The Balaban J connectivity index is 2.18. The number of nitrogens with one attached hydrogen (secondary N) is 1. The number of hydrogen-bond acceptors (Lipinski definition) is 4. The molecule has 90 valence electrons. The van der Waals surface area contributed by atoms with Gasteiger partial charge in [-0.2, -0.15) is 13.2 Å². The molecule has 2 rings (SSSR count). The monoisotopic (exact) mass is 363 g/mol. The zero-order valence-corrected chi connectivity index (χ0v) is 11.1. The third kappa shape index (κ3) is 2.59. The fourth-order valence-corrected chi connectivity index (χ4v) is 3.32. The maximum atomic E-state index is 12.4. The lowest BCUT2D eigenvalue weighted by atomic mass is 10.4. The number of hydrogen-bond donors (Lipinski definition) is 1. The molecular weight excluding hydrogens is 354 g/mol. The zero-order valence-electron chi connectivity index (χ0n) is 8.09. The van der Waals surface area contributed by atoms with Crippen molar-refractivity contribution in [3.63, 3.8) is 0 Å². The molecule has 1 aliphatic heterocycles. The number of thiazole rings is 1. The van der Waals surface area contributed by atoms with E-state index in [1.807, 2.05) is 4.90 Å². The van der Waals surface area contributed by atoms with Gasteiger partial charge >= 0.3 is 6.18 Å². The summed E-state index contributed by atoms with van der Waals surface area (Å²) in [7, 11) is 0. The predicted molar refractivity (Wildman–Crippen MR) is 65.1 cm³/mol. The molecule has 16 heavy (non-hydrogen) atoms. The quantitative estimate of drug-likeness (QED) is 0.472. The second kappa shape index (κ2) is 4.65. The van der Waals surface area contributed by atoms with Crippen molar-refractivity contribution in [1.82, 2.24) is 10.3 Å². The molecule has 0 bridgehead atoms. The van der Waals surface area contributed by atoms with Crippen LogP contribution < -0.4 is 10.2 Å². The Kier molecular flexibility index (Phi) is 3.59. The highest BCUT2D eigenvalue weighted by Gasteiger charge is 2.34. The highest BCUT2D eigenvalue weighted by molar-refractivity contribution is 14.1. The SMILES string of the molecule is FC(F)(F)c1cnc(N2CCNCC2I)s1. The summed E-state index contributed by atoms with van der Waals surface area (Å²) < 4.78 is 37.4. The first-order valence-corrected chi connectivity index (χ1v) is 6.69. The van der Waals surface area contributed by atoms with Crippen molar-refractivity contribution in [2.24, 2.45) is 0 Å². The highest BCUT2D eigenvalue weighted by atomic mass is 127. The molecule has 8 heteroatoms. The van der Waals surface area contributed by atoms with Gasteiger partial charge in [0, 0.05) is 19.6 Å². The van der Waals surface area contributed by atoms with Crippen molar-refractivity contribution >= 4 is 39.1 Å². The standard InChI is InChI=1S/C8H9F3IN3S/c9-8(10,11)5-3-14-7(16-5)15-2-1-13-4-6(15)12/h3,6,13H,1-2,4H2. The molecule has 1 saturated heterocycles. The van der Waals surface area contributed by atoms with Crippen LogP contribution >= 0.6 is 33.9 Å². The molecule has 2 heterocycles. The Hall–Kier alpha value is -0.0900. The molecule has 3 nitrogen and oxygen atoms in total. The van der Waals surface area contributed by atoms with Crippen molar-refractivity contribution in [2.45, 2.75) is 10.2 Å². The molecule has 1 atom stereocenters. The maximum absolute atomic E-state index is 12.4. The topological polar surface area (TPSA) is 28.2 Å². The van der Waals surface area contributed by atoms with Crippen molar-refractivity contribution in [1.29, 1.82) is 0 Å². The van der Waals surface area contributed by atoms with Crippen LogP contribution in [0.1, 0.15) is 4.88 Å². The van der Waals surface area contributed by atoms with Gasteiger partial charge in [0.2, 0.25) is 0 Å². The van der Waals surface area contributed by atoms with Crippen molar-refractivity contribution in [2.75, 3.05) is 24.5 Å². The van der Waals surface area contributed by atoms with Gasteiger partial charge in [-0.1, -0.05) is 33.9 Å². The molecule has 0 aliphatic carbocycles. The molecule has 1 aromatic rings. The number of alkyl halides is 4. The van der Waals surface area contributed by atoms with E-state index in [2.05, 4.69) is 32.9 Å². The first-order chi connectivity index (χ1) is 7.48. The third-order valence-electron chi connectivity index (χ3n) is 2.20. The number of nitrogens with zero attached hydrogens (tertiary/aromatic N) is 2. The Bertz CT molecular complexity index is 368. The molecule has 0 spiro atoms. The molecule has 0 radical (unpaired) electrons. The minimum absolute atomic E-state index is 0.151. The Morgan fingerprint density at radius 3 is 2.88 bits per heavy atom. The average molecular weight is 363 g/mol. The third-order valence-corrected chi connectivity index (χ3v) is 4.39. The zero-order chi connectivity index (χ0) is 11.8. The molecule has 1 aromatic heterocycles. The maximum Gasteiger partial charge on any atom is 0.427 e. The van der Waals surface area contributed by atoms with E-state index >= 15 is 0 Å². The van der Waals surface area contributed by atoms with Gasteiger partial charge in [0.1, 0.15) is 4.88 Å². The van der Waals surface area contributed by atoms with Gasteiger partial charge in [0.15, 0.2) is 5.13 Å². The van der Waals surface area contributed by atoms with E-state index < -0.39 is 11.1 Å². The van der Waals surface area contributed by atoms with Crippen LogP contribution in [0.25, 0.3) is 0 Å². The van der Waals surface area contributed by atoms with Crippen LogP contribution in [0.4, 0.5) is 18.3 Å². The minimum Gasteiger partial charge on any atom is -0.334 e. The lowest BCUT2D eigenvalue weighted by Crippen LogP contribution is -2.48. The van der Waals surface area contributed by atoms with Crippen LogP contribution in [0.2, 0.25) is 0 Å². The first kappa shape index (κ1) is 12.4. The summed E-state index contributed by atoms with van der Waals surface area (Å²) in [6.07, 6.45) is -3.38. The van der Waals surface area contributed by atoms with Gasteiger partial charge in [-0.05, 0) is 0 Å². The minimum atomic E-state index is -4.29. The van der Waals surface area contributed by atoms with E-state index in [1.165, 1.54) is 0 Å². The Labute approximate surface area is 108 Å². The molecule has 0 amide bonds. The molecule has 1 N–H and O–H groups in total. The van der Waals surface area contributed by atoms with Gasteiger partial charge in [-0.3, -0.25) is 0 Å². The fraction of sp³-hybridized carbons (Fsp3) is 0.625. The molecule has 1 unspecified atom stereocenters. The summed E-state index contributed by atoms with van der Waals surface area (Å²) >= 11 is 2.91. The summed E-state index contributed by atoms with van der Waals surface area (Å²) in [5.41, 5.74) is 0. The summed E-state index contributed by atoms with van der Waals surface area (Å²) in [5.74, 6) is 0. The van der Waals surface area contributed by atoms with Gasteiger partial charge in [0.05, 0.1) is 10.2 Å². The molecule has 0 saturated carbocycles. The van der Waals surface area contributed by atoms with Crippen molar-refractivity contribution in [3.05, 3.63) is 11.1 Å². The van der Waals surface area contributed by atoms with E-state index in [4.69, 9.17) is 0 Å². The van der Waals surface area contributed by atoms with Crippen LogP contribution in [0.15, 0.2) is 6.20 Å². The van der Waals surface area contributed by atoms with Gasteiger partial charge in [-0.25, -0.2) is 4.98 Å². The number of aromatic nitrogens is 1. The molecule has 0 aromatic carbocycles. The van der Waals surface area contributed by atoms with Crippen molar-refractivity contribution in [3.8, 4) is 0 Å². The Morgan fingerprint density at radius 1 is 1.56 bits per heavy atom. The van der Waals surface area contributed by atoms with E-state index in [0.29, 0.717) is 23.0 Å². The fourth-order valence-electron chi connectivity index (χ4n) is 1.42. The smallest absolute Gasteiger partial charge is 0.334 e. The number of anilines is 1. The second-order valence-electron chi connectivity index (χ2n) is 3.34. The molecular formula is C8H9F3IN3S. The van der Waals surface area contributed by atoms with Crippen LogP contribution in [0.3, 0.4) is 0 Å².